The van der Waals surface area contributed by atoms with Crippen LogP contribution in [-0.4, -0.2) is 36.8 Å². The number of rotatable bonds is 2. The number of benzene rings is 1. The van der Waals surface area contributed by atoms with Crippen LogP contribution < -0.4 is 10.2 Å². The highest BCUT2D eigenvalue weighted by Crippen LogP contribution is 2.22. The molecule has 2 N–H and O–H groups in total. The molecule has 2 rings (SSSR count). The number of para-hydroxylation sites is 1. The van der Waals surface area contributed by atoms with Crippen LogP contribution in [0.5, 0.6) is 0 Å². The predicted octanol–water partition coefficient (Wildman–Crippen LogP) is 0.928. The molecule has 1 aromatic rings. The molecule has 1 saturated heterocycles. The first-order chi connectivity index (χ1) is 8.63. The Kier molecular flexibility index (Phi) is 3.99. The first-order valence-corrected chi connectivity index (χ1v) is 6.34. The maximum absolute atomic E-state index is 12.4. The highest BCUT2D eigenvalue weighted by molar-refractivity contribution is 5.98. The SMILES string of the molecule is Cc1ccccc1N1CC(C)CNC(CO)C1=O. The number of aliphatic hydroxyl groups is 1. The monoisotopic (exact) mass is 248 g/mol. The van der Waals surface area contributed by atoms with E-state index in [1.807, 2.05) is 31.2 Å². The fraction of sp³-hybridized carbons (Fsp3) is 0.500. The molecule has 0 aromatic heterocycles. The largest absolute Gasteiger partial charge is 0.394 e. The first kappa shape index (κ1) is 13.1. The summed E-state index contributed by atoms with van der Waals surface area (Å²) >= 11 is 0. The Labute approximate surface area is 108 Å². The van der Waals surface area contributed by atoms with Gasteiger partial charge in [-0.1, -0.05) is 25.1 Å². The molecule has 1 heterocycles. The Morgan fingerprint density at radius 2 is 2.17 bits per heavy atom. The van der Waals surface area contributed by atoms with Gasteiger partial charge >= 0.3 is 0 Å². The number of aliphatic hydroxyl groups excluding tert-OH is 1. The number of amides is 1. The van der Waals surface area contributed by atoms with E-state index in [2.05, 4.69) is 12.2 Å². The smallest absolute Gasteiger partial charge is 0.246 e. The van der Waals surface area contributed by atoms with E-state index < -0.39 is 6.04 Å². The van der Waals surface area contributed by atoms with Crippen molar-refractivity contribution in [2.75, 3.05) is 24.6 Å². The minimum absolute atomic E-state index is 0.0452. The summed E-state index contributed by atoms with van der Waals surface area (Å²) in [6.45, 7) is 5.38. The van der Waals surface area contributed by atoms with Crippen molar-refractivity contribution >= 4 is 11.6 Å². The van der Waals surface area contributed by atoms with E-state index in [0.29, 0.717) is 12.5 Å². The van der Waals surface area contributed by atoms with Crippen LogP contribution in [0.4, 0.5) is 5.69 Å². The normalized spacial score (nSPS) is 25.1. The van der Waals surface area contributed by atoms with Gasteiger partial charge in [0.15, 0.2) is 0 Å². The number of aryl methyl sites for hydroxylation is 1. The highest BCUT2D eigenvalue weighted by Gasteiger charge is 2.30. The second kappa shape index (κ2) is 5.50. The van der Waals surface area contributed by atoms with Gasteiger partial charge in [-0.3, -0.25) is 4.79 Å². The number of hydrogen-bond acceptors (Lipinski definition) is 3. The molecule has 4 heteroatoms. The van der Waals surface area contributed by atoms with E-state index in [9.17, 15) is 9.90 Å². The Bertz CT molecular complexity index is 434. The summed E-state index contributed by atoms with van der Waals surface area (Å²) in [5.74, 6) is 0.321. The zero-order chi connectivity index (χ0) is 13.1. The Hall–Kier alpha value is -1.39. The standard InChI is InChI=1S/C14H20N2O2/c1-10-7-15-12(9-17)14(18)16(8-10)13-6-4-3-5-11(13)2/h3-6,10,12,15,17H,7-9H2,1-2H3. The summed E-state index contributed by atoms with van der Waals surface area (Å²) < 4.78 is 0. The van der Waals surface area contributed by atoms with Crippen LogP contribution in [0.1, 0.15) is 12.5 Å². The van der Waals surface area contributed by atoms with Gasteiger partial charge in [0.25, 0.3) is 0 Å². The number of anilines is 1. The van der Waals surface area contributed by atoms with Crippen molar-refractivity contribution < 1.29 is 9.90 Å². The molecular formula is C14H20N2O2. The van der Waals surface area contributed by atoms with Crippen molar-refractivity contribution in [3.05, 3.63) is 29.8 Å². The van der Waals surface area contributed by atoms with Gasteiger partial charge in [-0.15, -0.1) is 0 Å². The maximum atomic E-state index is 12.4. The van der Waals surface area contributed by atoms with Crippen LogP contribution in [0.2, 0.25) is 0 Å². The molecule has 0 saturated carbocycles. The molecule has 0 aliphatic carbocycles. The quantitative estimate of drug-likeness (QED) is 0.818. The molecule has 1 amide bonds. The summed E-state index contributed by atoms with van der Waals surface area (Å²) in [5, 5.41) is 12.4. The van der Waals surface area contributed by atoms with Crippen molar-refractivity contribution in [2.24, 2.45) is 5.92 Å². The van der Waals surface area contributed by atoms with Crippen molar-refractivity contribution in [1.29, 1.82) is 0 Å². The van der Waals surface area contributed by atoms with Gasteiger partial charge in [-0.2, -0.15) is 0 Å². The zero-order valence-electron chi connectivity index (χ0n) is 10.9. The molecule has 2 atom stereocenters. The third kappa shape index (κ3) is 2.54. The lowest BCUT2D eigenvalue weighted by molar-refractivity contribution is -0.121. The van der Waals surface area contributed by atoms with Gasteiger partial charge in [0.1, 0.15) is 6.04 Å². The number of nitrogens with zero attached hydrogens (tertiary/aromatic N) is 1. The fourth-order valence-electron chi connectivity index (χ4n) is 2.31. The van der Waals surface area contributed by atoms with Crippen molar-refractivity contribution in [2.45, 2.75) is 19.9 Å². The maximum Gasteiger partial charge on any atom is 0.246 e. The predicted molar refractivity (Wildman–Crippen MR) is 71.6 cm³/mol. The Morgan fingerprint density at radius 1 is 1.44 bits per heavy atom. The van der Waals surface area contributed by atoms with Gasteiger partial charge in [0, 0.05) is 18.8 Å². The van der Waals surface area contributed by atoms with Gasteiger partial charge in [0.05, 0.1) is 6.61 Å². The molecule has 1 aliphatic rings. The van der Waals surface area contributed by atoms with E-state index in [1.165, 1.54) is 0 Å². The fourth-order valence-corrected chi connectivity index (χ4v) is 2.31. The van der Waals surface area contributed by atoms with Gasteiger partial charge in [-0.25, -0.2) is 0 Å². The summed E-state index contributed by atoms with van der Waals surface area (Å²) in [6, 6.07) is 7.37. The van der Waals surface area contributed by atoms with E-state index in [-0.39, 0.29) is 12.5 Å². The van der Waals surface area contributed by atoms with Crippen LogP contribution in [-0.2, 0) is 4.79 Å². The van der Waals surface area contributed by atoms with Gasteiger partial charge in [-0.05, 0) is 24.5 Å². The second-order valence-electron chi connectivity index (χ2n) is 4.98. The summed E-state index contributed by atoms with van der Waals surface area (Å²) in [5.41, 5.74) is 2.02. The molecule has 18 heavy (non-hydrogen) atoms. The Morgan fingerprint density at radius 3 is 2.83 bits per heavy atom. The first-order valence-electron chi connectivity index (χ1n) is 6.34. The summed E-state index contributed by atoms with van der Waals surface area (Å²) in [7, 11) is 0. The summed E-state index contributed by atoms with van der Waals surface area (Å²) in [6.07, 6.45) is 0. The van der Waals surface area contributed by atoms with Crippen LogP contribution in [0, 0.1) is 12.8 Å². The number of carbonyl (C=O) groups excluding carboxylic acids is 1. The lowest BCUT2D eigenvalue weighted by atomic mass is 10.1. The molecule has 0 radical (unpaired) electrons. The minimum atomic E-state index is -0.491. The third-order valence-electron chi connectivity index (χ3n) is 3.36. The molecule has 1 aliphatic heterocycles. The zero-order valence-corrected chi connectivity index (χ0v) is 10.9. The van der Waals surface area contributed by atoms with E-state index in [1.54, 1.807) is 4.90 Å². The summed E-state index contributed by atoms with van der Waals surface area (Å²) in [4.78, 5) is 14.2. The topological polar surface area (TPSA) is 52.6 Å². The van der Waals surface area contributed by atoms with Crippen molar-refractivity contribution in [3.8, 4) is 0 Å². The van der Waals surface area contributed by atoms with E-state index >= 15 is 0 Å². The Balaban J connectivity index is 2.34. The van der Waals surface area contributed by atoms with Gasteiger partial charge < -0.3 is 15.3 Å². The van der Waals surface area contributed by atoms with Crippen LogP contribution in [0.3, 0.4) is 0 Å². The van der Waals surface area contributed by atoms with Crippen molar-refractivity contribution in [1.82, 2.24) is 5.32 Å². The molecule has 4 nitrogen and oxygen atoms in total. The lowest BCUT2D eigenvalue weighted by Crippen LogP contribution is -2.46. The van der Waals surface area contributed by atoms with Crippen molar-refractivity contribution in [3.63, 3.8) is 0 Å². The third-order valence-corrected chi connectivity index (χ3v) is 3.36. The van der Waals surface area contributed by atoms with Crippen LogP contribution >= 0.6 is 0 Å². The molecule has 1 fully saturated rings. The molecular weight excluding hydrogens is 228 g/mol. The average Bonchev–Trinajstić information content (AvgIpc) is 2.50. The number of hydrogen-bond donors (Lipinski definition) is 2. The van der Waals surface area contributed by atoms with E-state index in [4.69, 9.17) is 0 Å². The number of nitrogens with one attached hydrogen (secondary N) is 1. The molecule has 98 valence electrons. The lowest BCUT2D eigenvalue weighted by Gasteiger charge is -2.26. The highest BCUT2D eigenvalue weighted by atomic mass is 16.3. The van der Waals surface area contributed by atoms with Crippen LogP contribution in [0.15, 0.2) is 24.3 Å². The molecule has 1 aromatic carbocycles. The van der Waals surface area contributed by atoms with Gasteiger partial charge in [0.2, 0.25) is 5.91 Å². The minimum Gasteiger partial charge on any atom is -0.394 e. The average molecular weight is 248 g/mol. The second-order valence-corrected chi connectivity index (χ2v) is 4.98. The molecule has 0 bridgehead atoms. The van der Waals surface area contributed by atoms with E-state index in [0.717, 1.165) is 17.8 Å². The van der Waals surface area contributed by atoms with Crippen LogP contribution in [0.25, 0.3) is 0 Å². The number of carbonyl (C=O) groups is 1. The molecule has 2 unspecified atom stereocenters. The molecule has 0 spiro atoms.